The molecule has 128 valence electrons. The summed E-state index contributed by atoms with van der Waals surface area (Å²) in [5.74, 6) is -0.776. The number of hydrogen-bond acceptors (Lipinski definition) is 4. The zero-order valence-electron chi connectivity index (χ0n) is 13.5. The molecule has 2 heterocycles. The third-order valence-electron chi connectivity index (χ3n) is 4.52. The van der Waals surface area contributed by atoms with Crippen LogP contribution < -0.4 is 0 Å². The van der Waals surface area contributed by atoms with Gasteiger partial charge in [-0.25, -0.2) is 8.78 Å². The molecule has 0 bridgehead atoms. The maximum absolute atomic E-state index is 13.7. The van der Waals surface area contributed by atoms with Crippen molar-refractivity contribution in [3.63, 3.8) is 0 Å². The summed E-state index contributed by atoms with van der Waals surface area (Å²) >= 11 is 1.12. The standard InChI is InChI=1S/C17H19F2N3OS/c1-11-16(24-21-20-11)17(23)22-9-3-4-12(10-22)7-8-13-14(18)5-2-6-15(13)19/h2,5-6,12H,3-4,7-10H2,1H3/t12-/m0/s1. The van der Waals surface area contributed by atoms with Crippen molar-refractivity contribution in [3.05, 3.63) is 46.0 Å². The molecule has 1 aliphatic heterocycles. The van der Waals surface area contributed by atoms with Gasteiger partial charge in [0.1, 0.15) is 16.5 Å². The fourth-order valence-electron chi connectivity index (χ4n) is 3.18. The highest BCUT2D eigenvalue weighted by Gasteiger charge is 2.27. The molecule has 0 N–H and O–H groups in total. The maximum atomic E-state index is 13.7. The van der Waals surface area contributed by atoms with Gasteiger partial charge in [0.2, 0.25) is 0 Å². The van der Waals surface area contributed by atoms with Gasteiger partial charge in [0.25, 0.3) is 5.91 Å². The highest BCUT2D eigenvalue weighted by molar-refractivity contribution is 7.07. The lowest BCUT2D eigenvalue weighted by molar-refractivity contribution is 0.0672. The molecule has 24 heavy (non-hydrogen) atoms. The number of hydrogen-bond donors (Lipinski definition) is 0. The number of amides is 1. The Morgan fingerprint density at radius 1 is 1.38 bits per heavy atom. The van der Waals surface area contributed by atoms with Crippen LogP contribution >= 0.6 is 11.5 Å². The van der Waals surface area contributed by atoms with E-state index in [-0.39, 0.29) is 17.4 Å². The quantitative estimate of drug-likeness (QED) is 0.845. The first-order chi connectivity index (χ1) is 11.6. The summed E-state index contributed by atoms with van der Waals surface area (Å²) in [5, 5.41) is 3.88. The van der Waals surface area contributed by atoms with E-state index >= 15 is 0 Å². The second-order valence-corrected chi connectivity index (χ2v) is 6.94. The van der Waals surface area contributed by atoms with E-state index in [9.17, 15) is 13.6 Å². The summed E-state index contributed by atoms with van der Waals surface area (Å²) in [4.78, 5) is 14.9. The smallest absolute Gasteiger partial charge is 0.267 e. The molecule has 0 spiro atoms. The third kappa shape index (κ3) is 3.61. The van der Waals surface area contributed by atoms with E-state index in [1.54, 1.807) is 6.92 Å². The number of aromatic nitrogens is 2. The zero-order valence-corrected chi connectivity index (χ0v) is 14.3. The molecule has 0 unspecified atom stereocenters. The van der Waals surface area contributed by atoms with Crippen LogP contribution in [0.2, 0.25) is 0 Å². The first-order valence-electron chi connectivity index (χ1n) is 8.07. The average Bonchev–Trinajstić information content (AvgIpc) is 3.00. The predicted octanol–water partition coefficient (Wildman–Crippen LogP) is 3.61. The molecule has 0 radical (unpaired) electrons. The number of piperidine rings is 1. The first-order valence-corrected chi connectivity index (χ1v) is 8.84. The Balaban J connectivity index is 1.62. The monoisotopic (exact) mass is 351 g/mol. The van der Waals surface area contributed by atoms with Gasteiger partial charge in [-0.2, -0.15) is 0 Å². The van der Waals surface area contributed by atoms with E-state index in [1.165, 1.54) is 18.2 Å². The fraction of sp³-hybridized carbons (Fsp3) is 0.471. The van der Waals surface area contributed by atoms with Crippen molar-refractivity contribution in [2.24, 2.45) is 5.92 Å². The number of nitrogens with zero attached hydrogens (tertiary/aromatic N) is 3. The van der Waals surface area contributed by atoms with Crippen LogP contribution in [0.5, 0.6) is 0 Å². The van der Waals surface area contributed by atoms with Crippen LogP contribution in [0.3, 0.4) is 0 Å². The normalized spacial score (nSPS) is 18.0. The lowest BCUT2D eigenvalue weighted by atomic mass is 9.91. The number of benzene rings is 1. The Morgan fingerprint density at radius 2 is 2.12 bits per heavy atom. The number of rotatable bonds is 4. The van der Waals surface area contributed by atoms with Crippen LogP contribution in [-0.2, 0) is 6.42 Å². The minimum atomic E-state index is -0.495. The Labute approximate surface area is 143 Å². The molecule has 1 amide bonds. The van der Waals surface area contributed by atoms with Gasteiger partial charge < -0.3 is 4.90 Å². The number of halogens is 2. The van der Waals surface area contributed by atoms with Crippen molar-refractivity contribution < 1.29 is 13.6 Å². The van der Waals surface area contributed by atoms with Crippen LogP contribution in [0.15, 0.2) is 18.2 Å². The first kappa shape index (κ1) is 17.0. The van der Waals surface area contributed by atoms with Crippen LogP contribution in [0.1, 0.15) is 40.2 Å². The maximum Gasteiger partial charge on any atom is 0.267 e. The third-order valence-corrected chi connectivity index (χ3v) is 5.33. The lowest BCUT2D eigenvalue weighted by Gasteiger charge is -2.32. The van der Waals surface area contributed by atoms with E-state index in [4.69, 9.17) is 0 Å². The lowest BCUT2D eigenvalue weighted by Crippen LogP contribution is -2.40. The molecule has 1 saturated heterocycles. The molecule has 1 atom stereocenters. The molecule has 1 aliphatic rings. The molecule has 7 heteroatoms. The topological polar surface area (TPSA) is 46.1 Å². The van der Waals surface area contributed by atoms with Crippen molar-refractivity contribution in [1.82, 2.24) is 14.5 Å². The van der Waals surface area contributed by atoms with E-state index in [1.807, 2.05) is 4.90 Å². The number of aryl methyl sites for hydroxylation is 1. The molecule has 1 aromatic carbocycles. The number of carbonyl (C=O) groups is 1. The second kappa shape index (κ2) is 7.34. The molecule has 2 aromatic rings. The zero-order chi connectivity index (χ0) is 17.1. The van der Waals surface area contributed by atoms with Gasteiger partial charge in [0.05, 0.1) is 5.69 Å². The van der Waals surface area contributed by atoms with E-state index in [0.29, 0.717) is 36.5 Å². The second-order valence-electron chi connectivity index (χ2n) is 6.19. The largest absolute Gasteiger partial charge is 0.338 e. The number of likely N-dealkylation sites (tertiary alicyclic amines) is 1. The minimum Gasteiger partial charge on any atom is -0.338 e. The van der Waals surface area contributed by atoms with Gasteiger partial charge >= 0.3 is 0 Å². The van der Waals surface area contributed by atoms with Gasteiger partial charge in [-0.05, 0) is 62.2 Å². The molecule has 0 aliphatic carbocycles. The minimum absolute atomic E-state index is 0.0377. The van der Waals surface area contributed by atoms with Crippen LogP contribution in [0.4, 0.5) is 8.78 Å². The summed E-state index contributed by atoms with van der Waals surface area (Å²) in [5.41, 5.74) is 0.795. The predicted molar refractivity (Wildman–Crippen MR) is 88.0 cm³/mol. The molecule has 1 fully saturated rings. The van der Waals surface area contributed by atoms with Gasteiger partial charge in [0, 0.05) is 18.7 Å². The molecule has 0 saturated carbocycles. The molecule has 3 rings (SSSR count). The highest BCUT2D eigenvalue weighted by Crippen LogP contribution is 2.25. The van der Waals surface area contributed by atoms with Gasteiger partial charge in [-0.3, -0.25) is 4.79 Å². The molecular weight excluding hydrogens is 332 g/mol. The Morgan fingerprint density at radius 3 is 2.79 bits per heavy atom. The Bertz CT molecular complexity index is 714. The average molecular weight is 351 g/mol. The fourth-order valence-corrected chi connectivity index (χ4v) is 3.80. The summed E-state index contributed by atoms with van der Waals surface area (Å²) in [6.07, 6.45) is 2.90. The molecular formula is C17H19F2N3OS. The molecule has 1 aromatic heterocycles. The van der Waals surface area contributed by atoms with Gasteiger partial charge in [0.15, 0.2) is 0 Å². The van der Waals surface area contributed by atoms with Crippen LogP contribution in [0, 0.1) is 24.5 Å². The van der Waals surface area contributed by atoms with Crippen molar-refractivity contribution in [3.8, 4) is 0 Å². The van der Waals surface area contributed by atoms with E-state index in [2.05, 4.69) is 9.59 Å². The summed E-state index contributed by atoms with van der Waals surface area (Å²) in [6.45, 7) is 3.10. The van der Waals surface area contributed by atoms with Gasteiger partial charge in [-0.15, -0.1) is 5.10 Å². The van der Waals surface area contributed by atoms with Crippen molar-refractivity contribution in [1.29, 1.82) is 0 Å². The van der Waals surface area contributed by atoms with Crippen molar-refractivity contribution in [2.45, 2.75) is 32.6 Å². The van der Waals surface area contributed by atoms with E-state index < -0.39 is 11.6 Å². The van der Waals surface area contributed by atoms with E-state index in [0.717, 1.165) is 24.4 Å². The Hall–Kier alpha value is -1.89. The summed E-state index contributed by atoms with van der Waals surface area (Å²) in [7, 11) is 0. The SMILES string of the molecule is Cc1nnsc1C(=O)N1CCC[C@@H](CCc2c(F)cccc2F)C1. The van der Waals surface area contributed by atoms with Crippen LogP contribution in [-0.4, -0.2) is 33.5 Å². The summed E-state index contributed by atoms with van der Waals surface area (Å²) in [6, 6.07) is 3.95. The number of carbonyl (C=O) groups excluding carboxylic acids is 1. The van der Waals surface area contributed by atoms with Crippen molar-refractivity contribution >= 4 is 17.4 Å². The van der Waals surface area contributed by atoms with Gasteiger partial charge in [-0.1, -0.05) is 10.6 Å². The summed E-state index contributed by atoms with van der Waals surface area (Å²) < 4.78 is 31.3. The Kier molecular flexibility index (Phi) is 5.18. The van der Waals surface area contributed by atoms with Crippen molar-refractivity contribution in [2.75, 3.05) is 13.1 Å². The highest BCUT2D eigenvalue weighted by atomic mass is 32.1. The molecule has 4 nitrogen and oxygen atoms in total. The van der Waals surface area contributed by atoms with Crippen LogP contribution in [0.25, 0.3) is 0 Å².